The van der Waals surface area contributed by atoms with Crippen molar-refractivity contribution in [2.75, 3.05) is 11.9 Å². The number of carbonyl (C=O) groups is 1. The number of benzene rings is 1. The molecule has 7 heteroatoms. The number of thiocarbonyl (C=S) groups is 1. The Balaban J connectivity index is 1.41. The van der Waals surface area contributed by atoms with Crippen LogP contribution < -0.4 is 10.6 Å². The van der Waals surface area contributed by atoms with Crippen molar-refractivity contribution in [3.8, 4) is 0 Å². The van der Waals surface area contributed by atoms with Crippen molar-refractivity contribution in [1.29, 1.82) is 0 Å². The number of nitrogens with zero attached hydrogens (tertiary/aromatic N) is 3. The third-order valence-corrected chi connectivity index (χ3v) is 7.55. The first-order valence-electron chi connectivity index (χ1n) is 12.4. The number of aryl methyl sites for hydroxylation is 3. The molecule has 0 spiro atoms. The van der Waals surface area contributed by atoms with Gasteiger partial charge in [0.1, 0.15) is 0 Å². The first-order chi connectivity index (χ1) is 16.8. The third kappa shape index (κ3) is 4.69. The molecule has 0 radical (unpaired) electrons. The average Bonchev–Trinajstić information content (AvgIpc) is 3.55. The van der Waals surface area contributed by atoms with E-state index >= 15 is 0 Å². The van der Waals surface area contributed by atoms with Gasteiger partial charge in [0, 0.05) is 42.3 Å². The Morgan fingerprint density at radius 1 is 1.14 bits per heavy atom. The predicted molar refractivity (Wildman–Crippen MR) is 143 cm³/mol. The molecule has 0 bridgehead atoms. The number of carbonyl (C=O) groups excluding carboxylic acids is 1. The number of anilines is 1. The van der Waals surface area contributed by atoms with Crippen molar-refractivity contribution in [3.05, 3.63) is 82.4 Å². The van der Waals surface area contributed by atoms with Crippen molar-refractivity contribution in [3.63, 3.8) is 0 Å². The Morgan fingerprint density at radius 3 is 2.66 bits per heavy atom. The molecule has 2 aromatic heterocycles. The largest absolute Gasteiger partial charge is 0.352 e. The molecule has 2 fully saturated rings. The Bertz CT molecular complexity index is 1260. The van der Waals surface area contributed by atoms with Crippen LogP contribution in [0.4, 0.5) is 5.69 Å². The summed E-state index contributed by atoms with van der Waals surface area (Å²) in [6.45, 7) is 8.97. The maximum Gasteiger partial charge on any atom is 0.226 e. The standard InChI is InChI=1S/C28H33N5OS/c1-17-8-9-18(2)24(15-17)30-25(34)12-14-32-27(22-16-19(3)33(20(22)4)21-10-11-21)26(31-28(32)35)23-7-5-6-13-29-23/h5-9,13,15-16,21,26-27H,10-12,14H2,1-4H3,(H,30,34)(H,31,35)/t26-,27+/m0/s1. The Morgan fingerprint density at radius 2 is 1.94 bits per heavy atom. The van der Waals surface area contributed by atoms with E-state index in [1.807, 2.05) is 50.4 Å². The van der Waals surface area contributed by atoms with Crippen LogP contribution in [0.25, 0.3) is 0 Å². The van der Waals surface area contributed by atoms with Crippen molar-refractivity contribution in [2.45, 2.75) is 65.1 Å². The third-order valence-electron chi connectivity index (χ3n) is 7.20. The van der Waals surface area contributed by atoms with E-state index < -0.39 is 0 Å². The molecular formula is C28H33N5OS. The Hall–Kier alpha value is -3.19. The molecule has 1 aliphatic carbocycles. The Labute approximate surface area is 212 Å². The summed E-state index contributed by atoms with van der Waals surface area (Å²) in [7, 11) is 0. The molecule has 6 nitrogen and oxygen atoms in total. The van der Waals surface area contributed by atoms with E-state index in [-0.39, 0.29) is 18.0 Å². The lowest BCUT2D eigenvalue weighted by molar-refractivity contribution is -0.116. The van der Waals surface area contributed by atoms with Crippen LogP contribution in [0.1, 0.15) is 71.2 Å². The molecular weight excluding hydrogens is 454 g/mol. The van der Waals surface area contributed by atoms with Crippen molar-refractivity contribution >= 4 is 28.9 Å². The van der Waals surface area contributed by atoms with Crippen LogP contribution >= 0.6 is 12.2 Å². The van der Waals surface area contributed by atoms with E-state index in [2.05, 4.69) is 51.1 Å². The zero-order valence-corrected chi connectivity index (χ0v) is 21.7. The maximum atomic E-state index is 12.9. The highest BCUT2D eigenvalue weighted by Crippen LogP contribution is 2.44. The van der Waals surface area contributed by atoms with E-state index in [1.54, 1.807) is 0 Å². The summed E-state index contributed by atoms with van der Waals surface area (Å²) < 4.78 is 2.47. The molecule has 3 aromatic rings. The van der Waals surface area contributed by atoms with Crippen LogP contribution in [0, 0.1) is 27.7 Å². The highest BCUT2D eigenvalue weighted by Gasteiger charge is 2.42. The van der Waals surface area contributed by atoms with E-state index in [9.17, 15) is 4.79 Å². The number of hydrogen-bond donors (Lipinski definition) is 2. The maximum absolute atomic E-state index is 12.9. The quantitative estimate of drug-likeness (QED) is 0.434. The van der Waals surface area contributed by atoms with E-state index in [0.717, 1.165) is 22.5 Å². The van der Waals surface area contributed by atoms with Crippen LogP contribution in [-0.2, 0) is 4.79 Å². The lowest BCUT2D eigenvalue weighted by Gasteiger charge is -2.28. The molecule has 1 aromatic carbocycles. The lowest BCUT2D eigenvalue weighted by atomic mass is 9.96. The van der Waals surface area contributed by atoms with Gasteiger partial charge >= 0.3 is 0 Å². The van der Waals surface area contributed by atoms with Crippen LogP contribution in [0.3, 0.4) is 0 Å². The molecule has 1 saturated carbocycles. The van der Waals surface area contributed by atoms with Gasteiger partial charge in [-0.25, -0.2) is 0 Å². The average molecular weight is 488 g/mol. The monoisotopic (exact) mass is 487 g/mol. The smallest absolute Gasteiger partial charge is 0.226 e. The molecule has 5 rings (SSSR count). The summed E-state index contributed by atoms with van der Waals surface area (Å²) in [5, 5.41) is 7.27. The molecule has 35 heavy (non-hydrogen) atoms. The van der Waals surface area contributed by atoms with Crippen LogP contribution in [0.5, 0.6) is 0 Å². The second-order valence-corrected chi connectivity index (χ2v) is 10.3. The van der Waals surface area contributed by atoms with Gasteiger partial charge in [-0.3, -0.25) is 9.78 Å². The van der Waals surface area contributed by atoms with Gasteiger partial charge in [-0.1, -0.05) is 18.2 Å². The SMILES string of the molecule is Cc1ccc(C)c(NC(=O)CCN2C(=S)N[C@@H](c3ccccn3)[C@H]2c2cc(C)n(C3CC3)c2C)c1. The zero-order valence-electron chi connectivity index (χ0n) is 20.8. The minimum atomic E-state index is -0.0704. The Kier molecular flexibility index (Phi) is 6.36. The summed E-state index contributed by atoms with van der Waals surface area (Å²) >= 11 is 5.81. The molecule has 182 valence electrons. The number of aromatic nitrogens is 2. The number of amides is 1. The first kappa shape index (κ1) is 23.5. The summed E-state index contributed by atoms with van der Waals surface area (Å²) in [6, 6.07) is 14.9. The summed E-state index contributed by atoms with van der Waals surface area (Å²) in [6.07, 6.45) is 4.65. The van der Waals surface area contributed by atoms with E-state index in [4.69, 9.17) is 12.2 Å². The normalized spacial score (nSPS) is 19.7. The highest BCUT2D eigenvalue weighted by atomic mass is 32.1. The number of hydrogen-bond acceptors (Lipinski definition) is 3. The first-order valence-corrected chi connectivity index (χ1v) is 12.8. The van der Waals surface area contributed by atoms with Crippen molar-refractivity contribution < 1.29 is 4.79 Å². The molecule has 1 saturated heterocycles. The molecule has 3 heterocycles. The highest BCUT2D eigenvalue weighted by molar-refractivity contribution is 7.80. The fraction of sp³-hybridized carbons (Fsp3) is 0.393. The van der Waals surface area contributed by atoms with Gasteiger partial charge in [-0.2, -0.15) is 0 Å². The summed E-state index contributed by atoms with van der Waals surface area (Å²) in [5.74, 6) is -0.00927. The number of nitrogens with one attached hydrogen (secondary N) is 2. The lowest BCUT2D eigenvalue weighted by Crippen LogP contribution is -2.33. The van der Waals surface area contributed by atoms with Gasteiger partial charge in [0.25, 0.3) is 0 Å². The second-order valence-electron chi connectivity index (χ2n) is 9.86. The minimum absolute atomic E-state index is 0.00927. The molecule has 1 amide bonds. The van der Waals surface area contributed by atoms with Crippen LogP contribution in [0.2, 0.25) is 0 Å². The van der Waals surface area contributed by atoms with Gasteiger partial charge in [-0.15, -0.1) is 0 Å². The van der Waals surface area contributed by atoms with Crippen molar-refractivity contribution in [2.24, 2.45) is 0 Å². The summed E-state index contributed by atoms with van der Waals surface area (Å²) in [5.41, 5.74) is 7.83. The van der Waals surface area contributed by atoms with Gasteiger partial charge < -0.3 is 20.1 Å². The summed E-state index contributed by atoms with van der Waals surface area (Å²) in [4.78, 5) is 19.8. The predicted octanol–water partition coefficient (Wildman–Crippen LogP) is 5.45. The van der Waals surface area contributed by atoms with Crippen LogP contribution in [-0.4, -0.2) is 32.0 Å². The molecule has 2 aliphatic rings. The van der Waals surface area contributed by atoms with Gasteiger partial charge in [-0.05, 0) is 93.7 Å². The van der Waals surface area contributed by atoms with Gasteiger partial charge in [0.15, 0.2) is 5.11 Å². The molecule has 0 unspecified atom stereocenters. The second kappa shape index (κ2) is 9.46. The number of rotatable bonds is 7. The van der Waals surface area contributed by atoms with Crippen molar-refractivity contribution in [1.82, 2.24) is 19.8 Å². The van der Waals surface area contributed by atoms with Crippen LogP contribution in [0.15, 0.2) is 48.7 Å². The topological polar surface area (TPSA) is 62.2 Å². The fourth-order valence-corrected chi connectivity index (χ4v) is 5.62. The van der Waals surface area contributed by atoms with E-state index in [1.165, 1.54) is 29.8 Å². The fourth-order valence-electron chi connectivity index (χ4n) is 5.29. The zero-order chi connectivity index (χ0) is 24.7. The van der Waals surface area contributed by atoms with Gasteiger partial charge in [0.05, 0.1) is 17.8 Å². The molecule has 2 atom stereocenters. The van der Waals surface area contributed by atoms with E-state index in [0.29, 0.717) is 24.1 Å². The molecule has 1 aliphatic heterocycles. The number of pyridine rings is 1. The molecule has 2 N–H and O–H groups in total. The minimum Gasteiger partial charge on any atom is -0.352 e. The van der Waals surface area contributed by atoms with Gasteiger partial charge in [0.2, 0.25) is 5.91 Å².